The number of thiophene rings is 1. The average Bonchev–Trinajstić information content (AvgIpc) is 3.69. The maximum Gasteiger partial charge on any atom is 0.322 e. The first-order chi connectivity index (χ1) is 19.5. The molecule has 2 heterocycles. The highest BCUT2D eigenvalue weighted by atomic mass is 32.1. The van der Waals surface area contributed by atoms with E-state index in [4.69, 9.17) is 14.2 Å². The molecule has 0 bridgehead atoms. The van der Waals surface area contributed by atoms with E-state index in [1.165, 1.54) is 4.90 Å². The van der Waals surface area contributed by atoms with Gasteiger partial charge in [0.25, 0.3) is 0 Å². The van der Waals surface area contributed by atoms with Gasteiger partial charge in [0.2, 0.25) is 5.91 Å². The van der Waals surface area contributed by atoms with Gasteiger partial charge in [0.1, 0.15) is 6.54 Å². The number of hydrogen-bond donors (Lipinski definition) is 1. The highest BCUT2D eigenvalue weighted by Gasteiger charge is 2.27. The van der Waals surface area contributed by atoms with Crippen LogP contribution in [0.5, 0.6) is 11.5 Å². The molecular weight excluding hydrogens is 528 g/mol. The monoisotopic (exact) mass is 562 g/mol. The Morgan fingerprint density at radius 3 is 2.65 bits per heavy atom. The number of rotatable bonds is 12. The molecule has 1 N–H and O–H groups in total. The van der Waals surface area contributed by atoms with Crippen LogP contribution in [0.3, 0.4) is 0 Å². The molecule has 3 amide bonds. The molecule has 2 aromatic carbocycles. The molecule has 9 nitrogen and oxygen atoms in total. The molecule has 1 aromatic heterocycles. The fourth-order valence-electron chi connectivity index (χ4n) is 4.57. The normalized spacial score (nSPS) is 14.3. The first-order valence-corrected chi connectivity index (χ1v) is 14.1. The maximum absolute atomic E-state index is 13.7. The van der Waals surface area contributed by atoms with Crippen molar-refractivity contribution in [1.82, 2.24) is 9.80 Å². The highest BCUT2D eigenvalue weighted by molar-refractivity contribution is 7.09. The second kappa shape index (κ2) is 14.4. The zero-order chi connectivity index (χ0) is 28.3. The molecule has 40 heavy (non-hydrogen) atoms. The van der Waals surface area contributed by atoms with Crippen molar-refractivity contribution in [3.05, 3.63) is 76.0 Å². The molecule has 0 aliphatic carbocycles. The molecule has 1 unspecified atom stereocenters. The molecule has 1 fully saturated rings. The molecular formula is C30H34N4O5S. The van der Waals surface area contributed by atoms with E-state index in [0.29, 0.717) is 55.4 Å². The van der Waals surface area contributed by atoms with Crippen LogP contribution in [0.1, 0.15) is 28.8 Å². The number of carbonyl (C=O) groups excluding carboxylic acids is 2. The minimum Gasteiger partial charge on any atom is -0.493 e. The topological polar surface area (TPSA) is 104 Å². The van der Waals surface area contributed by atoms with Gasteiger partial charge >= 0.3 is 6.03 Å². The van der Waals surface area contributed by atoms with Crippen LogP contribution in [0.15, 0.2) is 60.0 Å². The fourth-order valence-corrected chi connectivity index (χ4v) is 5.29. The van der Waals surface area contributed by atoms with Crippen LogP contribution >= 0.6 is 11.3 Å². The lowest BCUT2D eigenvalue weighted by atomic mass is 10.1. The van der Waals surface area contributed by atoms with E-state index in [2.05, 4.69) is 11.4 Å². The molecule has 0 spiro atoms. The number of carbonyl (C=O) groups is 2. The third-order valence-electron chi connectivity index (χ3n) is 6.70. The second-order valence-electron chi connectivity index (χ2n) is 9.47. The van der Waals surface area contributed by atoms with E-state index in [9.17, 15) is 14.9 Å². The highest BCUT2D eigenvalue weighted by Crippen LogP contribution is 2.28. The Hall–Kier alpha value is -4.07. The SMILES string of the molecule is COc1ccc(CCN(Cc2cccs2)C(=O)CN(CC2CCCO2)C(=O)Nc2cccc(C#N)c2)cc1OC. The molecule has 210 valence electrons. The van der Waals surface area contributed by atoms with Crippen LogP contribution in [0.4, 0.5) is 10.5 Å². The number of amides is 3. The number of nitrogens with zero attached hydrogens (tertiary/aromatic N) is 3. The molecule has 10 heteroatoms. The summed E-state index contributed by atoms with van der Waals surface area (Å²) in [5, 5.41) is 14.0. The van der Waals surface area contributed by atoms with Gasteiger partial charge in [0.15, 0.2) is 11.5 Å². The lowest BCUT2D eigenvalue weighted by Crippen LogP contribution is -2.47. The van der Waals surface area contributed by atoms with Gasteiger partial charge in [-0.3, -0.25) is 4.79 Å². The van der Waals surface area contributed by atoms with Crippen LogP contribution < -0.4 is 14.8 Å². The van der Waals surface area contributed by atoms with E-state index in [1.807, 2.05) is 35.7 Å². The number of urea groups is 1. The zero-order valence-electron chi connectivity index (χ0n) is 22.8. The summed E-state index contributed by atoms with van der Waals surface area (Å²) >= 11 is 1.59. The lowest BCUT2D eigenvalue weighted by molar-refractivity contribution is -0.132. The minimum atomic E-state index is -0.407. The number of methoxy groups -OCH3 is 2. The van der Waals surface area contributed by atoms with Crippen LogP contribution in [-0.2, 0) is 22.5 Å². The summed E-state index contributed by atoms with van der Waals surface area (Å²) in [4.78, 5) is 31.5. The second-order valence-corrected chi connectivity index (χ2v) is 10.5. The molecule has 1 aliphatic heterocycles. The van der Waals surface area contributed by atoms with Crippen molar-refractivity contribution in [2.75, 3.05) is 45.8 Å². The first kappa shape index (κ1) is 28.9. The molecule has 1 atom stereocenters. The van der Waals surface area contributed by atoms with E-state index in [1.54, 1.807) is 54.7 Å². The van der Waals surface area contributed by atoms with Crippen molar-refractivity contribution < 1.29 is 23.8 Å². The van der Waals surface area contributed by atoms with Gasteiger partial charge in [-0.2, -0.15) is 5.26 Å². The van der Waals surface area contributed by atoms with Crippen molar-refractivity contribution in [2.24, 2.45) is 0 Å². The fraction of sp³-hybridized carbons (Fsp3) is 0.367. The van der Waals surface area contributed by atoms with Crippen LogP contribution in [0.25, 0.3) is 0 Å². The largest absolute Gasteiger partial charge is 0.493 e. The predicted octanol–water partition coefficient (Wildman–Crippen LogP) is 4.92. The number of nitriles is 1. The Morgan fingerprint density at radius 1 is 1.10 bits per heavy atom. The van der Waals surface area contributed by atoms with Crippen molar-refractivity contribution >= 4 is 29.0 Å². The van der Waals surface area contributed by atoms with Crippen molar-refractivity contribution in [3.63, 3.8) is 0 Å². The Labute approximate surface area is 238 Å². The van der Waals surface area contributed by atoms with Crippen molar-refractivity contribution in [2.45, 2.75) is 31.9 Å². The molecule has 4 rings (SSSR count). The molecule has 0 radical (unpaired) electrons. The minimum absolute atomic E-state index is 0.0963. The summed E-state index contributed by atoms with van der Waals surface area (Å²) in [6, 6.07) is 18.1. The summed E-state index contributed by atoms with van der Waals surface area (Å²) < 4.78 is 16.6. The summed E-state index contributed by atoms with van der Waals surface area (Å²) in [6.07, 6.45) is 2.24. The summed E-state index contributed by atoms with van der Waals surface area (Å²) in [5.41, 5.74) is 1.95. The molecule has 1 saturated heterocycles. The Morgan fingerprint density at radius 2 is 1.95 bits per heavy atom. The van der Waals surface area contributed by atoms with Gasteiger partial charge < -0.3 is 29.3 Å². The predicted molar refractivity (Wildman–Crippen MR) is 154 cm³/mol. The number of benzene rings is 2. The summed E-state index contributed by atoms with van der Waals surface area (Å²) in [5.74, 6) is 1.12. The van der Waals surface area contributed by atoms with E-state index < -0.39 is 6.03 Å². The standard InChI is InChI=1S/C30H34N4O5S/c1-37-27-11-10-22(17-28(27)38-2)12-13-33(20-26-9-5-15-40-26)29(35)21-34(19-25-8-4-14-39-25)30(36)32-24-7-3-6-23(16-24)18-31/h3,5-7,9-11,15-17,25H,4,8,12-14,19-21H2,1-2H3,(H,32,36). The lowest BCUT2D eigenvalue weighted by Gasteiger charge is -2.29. The van der Waals surface area contributed by atoms with Gasteiger partial charge in [-0.1, -0.05) is 18.2 Å². The van der Waals surface area contributed by atoms with E-state index in [-0.39, 0.29) is 18.6 Å². The summed E-state index contributed by atoms with van der Waals surface area (Å²) in [6.45, 7) is 1.77. The molecule has 0 saturated carbocycles. The van der Waals surface area contributed by atoms with Crippen LogP contribution in [0, 0.1) is 11.3 Å². The quantitative estimate of drug-likeness (QED) is 0.336. The number of ether oxygens (including phenoxy) is 3. The smallest absolute Gasteiger partial charge is 0.322 e. The van der Waals surface area contributed by atoms with Crippen molar-refractivity contribution in [1.29, 1.82) is 5.26 Å². The molecule has 3 aromatic rings. The Bertz CT molecular complexity index is 1320. The van der Waals surface area contributed by atoms with Crippen molar-refractivity contribution in [3.8, 4) is 17.6 Å². The number of hydrogen-bond acceptors (Lipinski definition) is 7. The average molecular weight is 563 g/mol. The van der Waals surface area contributed by atoms with Gasteiger partial charge in [-0.05, 0) is 66.6 Å². The van der Waals surface area contributed by atoms with Gasteiger partial charge in [0.05, 0.1) is 38.5 Å². The number of anilines is 1. The maximum atomic E-state index is 13.7. The van der Waals surface area contributed by atoms with Crippen LogP contribution in [-0.4, -0.2) is 68.3 Å². The summed E-state index contributed by atoms with van der Waals surface area (Å²) in [7, 11) is 3.19. The van der Waals surface area contributed by atoms with Gasteiger partial charge in [-0.25, -0.2) is 4.79 Å². The third kappa shape index (κ3) is 7.97. The van der Waals surface area contributed by atoms with Crippen LogP contribution in [0.2, 0.25) is 0 Å². The Kier molecular flexibility index (Phi) is 10.4. The van der Waals surface area contributed by atoms with Gasteiger partial charge in [0, 0.05) is 30.3 Å². The zero-order valence-corrected chi connectivity index (χ0v) is 23.6. The third-order valence-corrected chi connectivity index (χ3v) is 7.56. The Balaban J connectivity index is 1.49. The van der Waals surface area contributed by atoms with Gasteiger partial charge in [-0.15, -0.1) is 11.3 Å². The van der Waals surface area contributed by atoms with E-state index >= 15 is 0 Å². The molecule has 1 aliphatic rings. The number of nitrogens with one attached hydrogen (secondary N) is 1. The first-order valence-electron chi connectivity index (χ1n) is 13.2. The van der Waals surface area contributed by atoms with E-state index in [0.717, 1.165) is 23.3 Å².